The first-order chi connectivity index (χ1) is 7.93. The average Bonchev–Trinajstić information content (AvgIpc) is 2.36. The van der Waals surface area contributed by atoms with Crippen LogP contribution < -0.4 is 0 Å². The smallest absolute Gasteiger partial charge is 0.0976 e. The third-order valence-electron chi connectivity index (χ3n) is 3.04. The second kappa shape index (κ2) is 2.64. The van der Waals surface area contributed by atoms with Crippen molar-refractivity contribution in [3.63, 3.8) is 0 Å². The molecule has 0 N–H and O–H groups in total. The first-order valence-corrected chi connectivity index (χ1v) is 5.16. The number of rotatable bonds is 0. The molecule has 16 heavy (non-hydrogen) atoms. The summed E-state index contributed by atoms with van der Waals surface area (Å²) < 4.78 is 0. The third kappa shape index (κ3) is 0.852. The van der Waals surface area contributed by atoms with E-state index in [-0.39, 0.29) is 0 Å². The van der Waals surface area contributed by atoms with Crippen LogP contribution in [0.4, 0.5) is 0 Å². The monoisotopic (exact) mass is 205 g/mol. The van der Waals surface area contributed by atoms with Crippen LogP contribution in [-0.4, -0.2) is 15.4 Å². The minimum absolute atomic E-state index is 0.911. The molecule has 0 fully saturated rings. The van der Waals surface area contributed by atoms with Gasteiger partial charge in [-0.05, 0) is 28.1 Å². The van der Waals surface area contributed by atoms with Gasteiger partial charge in [-0.3, -0.25) is 0 Å². The maximum absolute atomic E-state index is 4.07. The fourth-order valence-corrected chi connectivity index (χ4v) is 2.33. The lowest BCUT2D eigenvalue weighted by atomic mass is 9.99. The molecule has 0 saturated carbocycles. The zero-order chi connectivity index (χ0) is 10.5. The normalized spacial score (nSPS) is 11.8. The highest BCUT2D eigenvalue weighted by molar-refractivity contribution is 6.20. The molecule has 0 spiro atoms. The summed E-state index contributed by atoms with van der Waals surface area (Å²) in [6.45, 7) is 0. The fraction of sp³-hybridized carbons (Fsp3) is 0. The molecule has 0 bridgehead atoms. The second-order valence-electron chi connectivity index (χ2n) is 3.91. The van der Waals surface area contributed by atoms with E-state index in [2.05, 4.69) is 45.7 Å². The van der Waals surface area contributed by atoms with E-state index in [1.807, 2.05) is 12.1 Å². The van der Waals surface area contributed by atoms with Crippen LogP contribution in [0.3, 0.4) is 0 Å². The van der Waals surface area contributed by atoms with Crippen LogP contribution in [0.1, 0.15) is 0 Å². The fourth-order valence-electron chi connectivity index (χ4n) is 2.33. The van der Waals surface area contributed by atoms with Gasteiger partial charge in [-0.15, -0.1) is 10.2 Å². The van der Waals surface area contributed by atoms with E-state index in [1.54, 1.807) is 0 Å². The SMILES string of the molecule is c1cc2ccc3nnnc4ccc(c1)c2c34. The second-order valence-corrected chi connectivity index (χ2v) is 3.91. The summed E-state index contributed by atoms with van der Waals surface area (Å²) in [4.78, 5) is 0. The summed E-state index contributed by atoms with van der Waals surface area (Å²) in [7, 11) is 0. The molecule has 0 unspecified atom stereocenters. The van der Waals surface area contributed by atoms with Gasteiger partial charge in [0.25, 0.3) is 0 Å². The molecule has 1 aromatic heterocycles. The third-order valence-corrected chi connectivity index (χ3v) is 3.04. The molecule has 0 amide bonds. The Bertz CT molecular complexity index is 678. The van der Waals surface area contributed by atoms with E-state index in [0.717, 1.165) is 16.4 Å². The van der Waals surface area contributed by atoms with Gasteiger partial charge in [0, 0.05) is 10.8 Å². The summed E-state index contributed by atoms with van der Waals surface area (Å²) in [5.74, 6) is 0. The van der Waals surface area contributed by atoms with Crippen molar-refractivity contribution in [3.05, 3.63) is 42.5 Å². The topological polar surface area (TPSA) is 38.7 Å². The molecule has 1 heterocycles. The van der Waals surface area contributed by atoms with Gasteiger partial charge < -0.3 is 0 Å². The summed E-state index contributed by atoms with van der Waals surface area (Å²) >= 11 is 0. The summed E-state index contributed by atoms with van der Waals surface area (Å²) in [6.07, 6.45) is 0. The largest absolute Gasteiger partial charge is 0.130 e. The Morgan fingerprint density at radius 3 is 1.88 bits per heavy atom. The number of hydrogen-bond acceptors (Lipinski definition) is 3. The minimum Gasteiger partial charge on any atom is -0.130 e. The van der Waals surface area contributed by atoms with Crippen molar-refractivity contribution in [2.75, 3.05) is 0 Å². The molecule has 0 radical (unpaired) electrons. The molecule has 4 aromatic rings. The van der Waals surface area contributed by atoms with Crippen molar-refractivity contribution < 1.29 is 0 Å². The Morgan fingerprint density at radius 2 is 1.25 bits per heavy atom. The molecule has 0 aliphatic heterocycles. The molecule has 0 saturated heterocycles. The zero-order valence-electron chi connectivity index (χ0n) is 8.38. The van der Waals surface area contributed by atoms with Crippen molar-refractivity contribution in [3.8, 4) is 0 Å². The Morgan fingerprint density at radius 1 is 0.625 bits per heavy atom. The van der Waals surface area contributed by atoms with Crippen LogP contribution in [0, 0.1) is 0 Å². The summed E-state index contributed by atoms with van der Waals surface area (Å²) in [5.41, 5.74) is 1.82. The van der Waals surface area contributed by atoms with Gasteiger partial charge in [0.05, 0.1) is 11.0 Å². The number of aromatic nitrogens is 3. The highest BCUT2D eigenvalue weighted by Gasteiger charge is 2.08. The molecule has 0 aliphatic rings. The molecule has 3 nitrogen and oxygen atoms in total. The van der Waals surface area contributed by atoms with Gasteiger partial charge in [0.1, 0.15) is 0 Å². The lowest BCUT2D eigenvalue weighted by molar-refractivity contribution is 0.918. The van der Waals surface area contributed by atoms with Gasteiger partial charge in [0.15, 0.2) is 0 Å². The molecule has 0 aliphatic carbocycles. The van der Waals surface area contributed by atoms with Gasteiger partial charge >= 0.3 is 0 Å². The Kier molecular flexibility index (Phi) is 1.31. The van der Waals surface area contributed by atoms with E-state index in [4.69, 9.17) is 0 Å². The van der Waals surface area contributed by atoms with Crippen LogP contribution in [0.2, 0.25) is 0 Å². The molecule has 3 aromatic carbocycles. The van der Waals surface area contributed by atoms with Crippen molar-refractivity contribution in [2.24, 2.45) is 0 Å². The summed E-state index contributed by atoms with van der Waals surface area (Å²) in [5, 5.41) is 16.7. The maximum atomic E-state index is 4.07. The van der Waals surface area contributed by atoms with Gasteiger partial charge in [-0.25, -0.2) is 0 Å². The van der Waals surface area contributed by atoms with Crippen LogP contribution in [0.25, 0.3) is 32.6 Å². The number of nitrogens with zero attached hydrogens (tertiary/aromatic N) is 3. The molecule has 4 rings (SSSR count). The van der Waals surface area contributed by atoms with Crippen molar-refractivity contribution in [2.45, 2.75) is 0 Å². The van der Waals surface area contributed by atoms with E-state index in [0.29, 0.717) is 0 Å². The van der Waals surface area contributed by atoms with Crippen LogP contribution >= 0.6 is 0 Å². The number of hydrogen-bond donors (Lipinski definition) is 0. The highest BCUT2D eigenvalue weighted by atomic mass is 15.3. The Balaban J connectivity index is 2.51. The quantitative estimate of drug-likeness (QED) is 0.414. The highest BCUT2D eigenvalue weighted by Crippen LogP contribution is 2.31. The van der Waals surface area contributed by atoms with Crippen LogP contribution in [-0.2, 0) is 0 Å². The summed E-state index contributed by atoms with van der Waals surface area (Å²) in [6, 6.07) is 14.5. The predicted molar refractivity (Wildman–Crippen MR) is 63.5 cm³/mol. The molecule has 3 heteroatoms. The van der Waals surface area contributed by atoms with Crippen LogP contribution in [0.15, 0.2) is 42.5 Å². The Hall–Kier alpha value is -2.29. The van der Waals surface area contributed by atoms with Crippen LogP contribution in [0.5, 0.6) is 0 Å². The average molecular weight is 205 g/mol. The van der Waals surface area contributed by atoms with Crippen molar-refractivity contribution in [1.82, 2.24) is 15.4 Å². The van der Waals surface area contributed by atoms with Gasteiger partial charge in [-0.2, -0.15) is 0 Å². The molecular formula is C13H7N3. The van der Waals surface area contributed by atoms with Crippen molar-refractivity contribution >= 4 is 32.6 Å². The molecule has 74 valence electrons. The zero-order valence-corrected chi connectivity index (χ0v) is 8.38. The van der Waals surface area contributed by atoms with E-state index < -0.39 is 0 Å². The molecule has 0 atom stereocenters. The lowest BCUT2D eigenvalue weighted by Gasteiger charge is -2.07. The Labute approximate surface area is 91.1 Å². The standard InChI is InChI=1S/C13H7N3/c1-2-8-4-6-10-13-11(15-16-14-10)7-5-9(3-1)12(8)13/h1-7H. The first-order valence-electron chi connectivity index (χ1n) is 5.16. The van der Waals surface area contributed by atoms with Crippen molar-refractivity contribution in [1.29, 1.82) is 0 Å². The minimum atomic E-state index is 0.911. The lowest BCUT2D eigenvalue weighted by Crippen LogP contribution is -1.91. The van der Waals surface area contributed by atoms with E-state index in [9.17, 15) is 0 Å². The first kappa shape index (κ1) is 7.93. The van der Waals surface area contributed by atoms with Gasteiger partial charge in [-0.1, -0.05) is 30.3 Å². The molecular weight excluding hydrogens is 198 g/mol. The predicted octanol–water partition coefficient (Wildman–Crippen LogP) is 2.77. The van der Waals surface area contributed by atoms with Gasteiger partial charge in [0.2, 0.25) is 0 Å². The van der Waals surface area contributed by atoms with E-state index >= 15 is 0 Å². The van der Waals surface area contributed by atoms with E-state index in [1.165, 1.54) is 16.2 Å². The number of benzene rings is 3. The maximum Gasteiger partial charge on any atom is 0.0976 e.